The SMILES string of the molecule is CC(C)C(C)CNC(=O)N(CC(=O)O)C1CCS(=O)(=O)C1. The second-order valence-corrected chi connectivity index (χ2v) is 8.21. The monoisotopic (exact) mass is 320 g/mol. The molecule has 0 aromatic heterocycles. The van der Waals surface area contributed by atoms with E-state index in [4.69, 9.17) is 5.11 Å². The lowest BCUT2D eigenvalue weighted by Crippen LogP contribution is -2.50. The molecule has 2 atom stereocenters. The summed E-state index contributed by atoms with van der Waals surface area (Å²) in [6, 6.07) is -1.06. The van der Waals surface area contributed by atoms with Gasteiger partial charge in [0.2, 0.25) is 0 Å². The molecule has 122 valence electrons. The largest absolute Gasteiger partial charge is 0.480 e. The molecule has 1 aliphatic heterocycles. The first kappa shape index (κ1) is 17.7. The number of nitrogens with one attached hydrogen (secondary N) is 1. The first-order valence-corrected chi connectivity index (χ1v) is 8.91. The summed E-state index contributed by atoms with van der Waals surface area (Å²) in [6.07, 6.45) is 0.294. The quantitative estimate of drug-likeness (QED) is 0.744. The van der Waals surface area contributed by atoms with Gasteiger partial charge in [0, 0.05) is 12.6 Å². The standard InChI is InChI=1S/C13H24N2O5S/c1-9(2)10(3)6-14-13(18)15(7-12(16)17)11-4-5-21(19,20)8-11/h9-11H,4-8H2,1-3H3,(H,14,18)(H,16,17). The minimum Gasteiger partial charge on any atom is -0.480 e. The van der Waals surface area contributed by atoms with Crippen LogP contribution in [0.1, 0.15) is 27.2 Å². The molecule has 0 aromatic carbocycles. The zero-order chi connectivity index (χ0) is 16.2. The van der Waals surface area contributed by atoms with Gasteiger partial charge in [-0.2, -0.15) is 0 Å². The fraction of sp³-hybridized carbons (Fsp3) is 0.846. The van der Waals surface area contributed by atoms with Gasteiger partial charge in [0.1, 0.15) is 6.54 Å². The highest BCUT2D eigenvalue weighted by molar-refractivity contribution is 7.91. The molecule has 1 rings (SSSR count). The molecule has 0 saturated carbocycles. The Kier molecular flexibility index (Phi) is 6.00. The van der Waals surface area contributed by atoms with Gasteiger partial charge in [-0.3, -0.25) is 4.79 Å². The molecule has 21 heavy (non-hydrogen) atoms. The molecular weight excluding hydrogens is 296 g/mol. The van der Waals surface area contributed by atoms with Crippen molar-refractivity contribution in [2.75, 3.05) is 24.6 Å². The Bertz CT molecular complexity index is 489. The van der Waals surface area contributed by atoms with E-state index in [0.717, 1.165) is 4.90 Å². The number of carboxylic acid groups (broad SMARTS) is 1. The van der Waals surface area contributed by atoms with Crippen molar-refractivity contribution >= 4 is 21.8 Å². The van der Waals surface area contributed by atoms with Crippen LogP contribution in [0.25, 0.3) is 0 Å². The first-order chi connectivity index (χ1) is 9.62. The molecular formula is C13H24N2O5S. The second-order valence-electron chi connectivity index (χ2n) is 5.99. The number of nitrogens with zero attached hydrogens (tertiary/aromatic N) is 1. The summed E-state index contributed by atoms with van der Waals surface area (Å²) in [5.74, 6) is -0.652. The van der Waals surface area contributed by atoms with Crippen molar-refractivity contribution in [2.24, 2.45) is 11.8 Å². The number of sulfone groups is 1. The Hall–Kier alpha value is -1.31. The average Bonchev–Trinajstić information content (AvgIpc) is 2.72. The van der Waals surface area contributed by atoms with Crippen LogP contribution in [-0.2, 0) is 14.6 Å². The highest BCUT2D eigenvalue weighted by Gasteiger charge is 2.35. The zero-order valence-corrected chi connectivity index (χ0v) is 13.5. The summed E-state index contributed by atoms with van der Waals surface area (Å²) in [5, 5.41) is 11.6. The second kappa shape index (κ2) is 7.11. The van der Waals surface area contributed by atoms with Gasteiger partial charge in [0.25, 0.3) is 0 Å². The summed E-state index contributed by atoms with van der Waals surface area (Å²) in [7, 11) is -3.17. The number of carbonyl (C=O) groups is 2. The van der Waals surface area contributed by atoms with Crippen molar-refractivity contribution in [1.82, 2.24) is 10.2 Å². The van der Waals surface area contributed by atoms with Gasteiger partial charge in [-0.05, 0) is 18.3 Å². The van der Waals surface area contributed by atoms with E-state index in [1.54, 1.807) is 0 Å². The summed E-state index contributed by atoms with van der Waals surface area (Å²) < 4.78 is 23.0. The number of carbonyl (C=O) groups excluding carboxylic acids is 1. The maximum absolute atomic E-state index is 12.2. The van der Waals surface area contributed by atoms with Crippen LogP contribution in [0.3, 0.4) is 0 Å². The number of rotatable bonds is 6. The molecule has 0 bridgehead atoms. The van der Waals surface area contributed by atoms with E-state index in [9.17, 15) is 18.0 Å². The van der Waals surface area contributed by atoms with Gasteiger partial charge >= 0.3 is 12.0 Å². The third kappa shape index (κ3) is 5.53. The van der Waals surface area contributed by atoms with Crippen LogP contribution in [0.5, 0.6) is 0 Å². The van der Waals surface area contributed by atoms with Gasteiger partial charge in [-0.25, -0.2) is 13.2 Å². The summed E-state index contributed by atoms with van der Waals surface area (Å²) in [6.45, 7) is 6.02. The average molecular weight is 320 g/mol. The number of hydrogen-bond acceptors (Lipinski definition) is 4. The molecule has 0 aliphatic carbocycles. The van der Waals surface area contributed by atoms with Crippen LogP contribution in [0.2, 0.25) is 0 Å². The van der Waals surface area contributed by atoms with Crippen LogP contribution < -0.4 is 5.32 Å². The smallest absolute Gasteiger partial charge is 0.323 e. The molecule has 0 aromatic rings. The molecule has 1 fully saturated rings. The van der Waals surface area contributed by atoms with Gasteiger partial charge < -0.3 is 15.3 Å². The van der Waals surface area contributed by atoms with E-state index in [0.29, 0.717) is 18.9 Å². The van der Waals surface area contributed by atoms with Crippen molar-refractivity contribution < 1.29 is 23.1 Å². The predicted molar refractivity (Wildman–Crippen MR) is 78.8 cm³/mol. The molecule has 2 unspecified atom stereocenters. The molecule has 2 N–H and O–H groups in total. The molecule has 0 spiro atoms. The third-order valence-corrected chi connectivity index (χ3v) is 5.68. The lowest BCUT2D eigenvalue weighted by atomic mass is 9.98. The lowest BCUT2D eigenvalue weighted by molar-refractivity contribution is -0.138. The van der Waals surface area contributed by atoms with Gasteiger partial charge in [0.05, 0.1) is 11.5 Å². The molecule has 8 heteroatoms. The normalized spacial score (nSPS) is 22.0. The Morgan fingerprint density at radius 1 is 1.33 bits per heavy atom. The van der Waals surface area contributed by atoms with Crippen LogP contribution >= 0.6 is 0 Å². The number of amides is 2. The van der Waals surface area contributed by atoms with Crippen LogP contribution in [0, 0.1) is 11.8 Å². The fourth-order valence-corrected chi connectivity index (χ4v) is 3.85. The van der Waals surface area contributed by atoms with E-state index in [1.807, 2.05) is 20.8 Å². The van der Waals surface area contributed by atoms with E-state index < -0.39 is 34.4 Å². The highest BCUT2D eigenvalue weighted by atomic mass is 32.2. The van der Waals surface area contributed by atoms with Crippen LogP contribution in [0.15, 0.2) is 0 Å². The maximum Gasteiger partial charge on any atom is 0.323 e. The molecule has 1 aliphatic rings. The number of carboxylic acids is 1. The summed E-state index contributed by atoms with van der Waals surface area (Å²) in [4.78, 5) is 24.2. The first-order valence-electron chi connectivity index (χ1n) is 7.09. The molecule has 1 heterocycles. The molecule has 0 radical (unpaired) electrons. The summed E-state index contributed by atoms with van der Waals surface area (Å²) in [5.41, 5.74) is 0. The van der Waals surface area contributed by atoms with E-state index in [2.05, 4.69) is 5.32 Å². The Balaban J connectivity index is 2.69. The molecule has 2 amide bonds. The van der Waals surface area contributed by atoms with Crippen LogP contribution in [0.4, 0.5) is 4.79 Å². The number of urea groups is 1. The number of aliphatic carboxylic acids is 1. The van der Waals surface area contributed by atoms with Gasteiger partial charge in [-0.15, -0.1) is 0 Å². The minimum atomic E-state index is -3.17. The van der Waals surface area contributed by atoms with E-state index >= 15 is 0 Å². The van der Waals surface area contributed by atoms with E-state index in [-0.39, 0.29) is 17.4 Å². The van der Waals surface area contributed by atoms with Crippen molar-refractivity contribution in [3.63, 3.8) is 0 Å². The highest BCUT2D eigenvalue weighted by Crippen LogP contribution is 2.18. The van der Waals surface area contributed by atoms with Crippen molar-refractivity contribution in [3.05, 3.63) is 0 Å². The van der Waals surface area contributed by atoms with Gasteiger partial charge in [-0.1, -0.05) is 20.8 Å². The predicted octanol–water partition coefficient (Wildman–Crippen LogP) is 0.562. The minimum absolute atomic E-state index is 0.00344. The Morgan fingerprint density at radius 2 is 1.95 bits per heavy atom. The Labute approximate surface area is 125 Å². The maximum atomic E-state index is 12.2. The third-order valence-electron chi connectivity index (χ3n) is 3.93. The van der Waals surface area contributed by atoms with Crippen molar-refractivity contribution in [1.29, 1.82) is 0 Å². The Morgan fingerprint density at radius 3 is 2.38 bits per heavy atom. The lowest BCUT2D eigenvalue weighted by Gasteiger charge is -2.27. The topological polar surface area (TPSA) is 104 Å². The zero-order valence-electron chi connectivity index (χ0n) is 12.7. The molecule has 7 nitrogen and oxygen atoms in total. The van der Waals surface area contributed by atoms with E-state index in [1.165, 1.54) is 0 Å². The van der Waals surface area contributed by atoms with Gasteiger partial charge in [0.15, 0.2) is 9.84 Å². The molecule has 1 saturated heterocycles. The fourth-order valence-electron chi connectivity index (χ4n) is 2.12. The van der Waals surface area contributed by atoms with Crippen LogP contribution in [-0.4, -0.2) is 61.1 Å². The van der Waals surface area contributed by atoms with Crippen molar-refractivity contribution in [2.45, 2.75) is 33.2 Å². The summed E-state index contributed by atoms with van der Waals surface area (Å²) >= 11 is 0. The number of hydrogen-bond donors (Lipinski definition) is 2. The van der Waals surface area contributed by atoms with Crippen molar-refractivity contribution in [3.8, 4) is 0 Å².